The van der Waals surface area contributed by atoms with Gasteiger partial charge in [0.1, 0.15) is 0 Å². The van der Waals surface area contributed by atoms with E-state index >= 15 is 0 Å². The number of hydrogen-bond acceptors (Lipinski definition) is 2. The molecule has 0 N–H and O–H groups in total. The number of unbranched alkanes of at least 4 members (excludes halogenated alkanes) is 7. The highest BCUT2D eigenvalue weighted by molar-refractivity contribution is 5.24. The van der Waals surface area contributed by atoms with Crippen molar-refractivity contribution in [3.63, 3.8) is 0 Å². The molecule has 0 heterocycles. The minimum atomic E-state index is -2.11. The van der Waals surface area contributed by atoms with Crippen LogP contribution in [0.5, 0.6) is 0 Å². The molecule has 0 bridgehead atoms. The van der Waals surface area contributed by atoms with Gasteiger partial charge in [0.25, 0.3) is 0 Å². The zero-order chi connectivity index (χ0) is 24.9. The van der Waals surface area contributed by atoms with Crippen molar-refractivity contribution in [2.24, 2.45) is 5.92 Å². The van der Waals surface area contributed by atoms with Gasteiger partial charge in [-0.25, -0.2) is 22.0 Å². The molecule has 0 saturated carbocycles. The maximum Gasteiger partial charge on any atom is 0.200 e. The molecule has 7 heteroatoms. The lowest BCUT2D eigenvalue weighted by Gasteiger charge is -2.37. The minimum absolute atomic E-state index is 0.165. The first-order valence-electron chi connectivity index (χ1n) is 12.5. The van der Waals surface area contributed by atoms with Crippen molar-refractivity contribution < 1.29 is 31.4 Å². The normalized spacial score (nSPS) is 13.0. The van der Waals surface area contributed by atoms with Gasteiger partial charge < -0.3 is 9.47 Å². The van der Waals surface area contributed by atoms with Crippen molar-refractivity contribution in [2.75, 3.05) is 13.2 Å². The Morgan fingerprint density at radius 1 is 0.606 bits per heavy atom. The van der Waals surface area contributed by atoms with Crippen molar-refractivity contribution in [2.45, 2.75) is 111 Å². The lowest BCUT2D eigenvalue weighted by Crippen LogP contribution is -2.41. The molecule has 192 valence electrons. The van der Waals surface area contributed by atoms with Crippen LogP contribution in [0.4, 0.5) is 22.0 Å². The van der Waals surface area contributed by atoms with Crippen molar-refractivity contribution in [3.05, 3.63) is 34.6 Å². The Bertz CT molecular complexity index is 661. The largest absolute Gasteiger partial charge is 0.350 e. The zero-order valence-corrected chi connectivity index (χ0v) is 20.7. The van der Waals surface area contributed by atoms with Crippen LogP contribution >= 0.6 is 0 Å². The van der Waals surface area contributed by atoms with Gasteiger partial charge in [0.2, 0.25) is 5.82 Å². The molecular weight excluding hydrogens is 439 g/mol. The van der Waals surface area contributed by atoms with E-state index in [1.54, 1.807) is 0 Å². The predicted molar refractivity (Wildman–Crippen MR) is 122 cm³/mol. The summed E-state index contributed by atoms with van der Waals surface area (Å²) in [6.07, 6.45) is 10.4. The monoisotopic (exact) mass is 480 g/mol. The van der Waals surface area contributed by atoms with E-state index in [1.165, 1.54) is 25.7 Å². The summed E-state index contributed by atoms with van der Waals surface area (Å²) < 4.78 is 79.7. The molecule has 2 nitrogen and oxygen atoms in total. The van der Waals surface area contributed by atoms with Crippen LogP contribution in [0, 0.1) is 35.0 Å². The number of hydrogen-bond donors (Lipinski definition) is 0. The molecule has 0 radical (unpaired) electrons. The number of benzene rings is 1. The molecule has 0 aromatic heterocycles. The molecule has 0 amide bonds. The SMILES string of the molecule is CCCCCCCCC(CCCCCc1c(F)c(F)c(F)c(F)c1F)C(C)(OCC)OCC. The molecule has 1 aromatic carbocycles. The Balaban J connectivity index is 2.66. The number of halogens is 5. The van der Waals surface area contributed by atoms with Crippen LogP contribution in [0.15, 0.2) is 0 Å². The first-order valence-corrected chi connectivity index (χ1v) is 12.5. The molecule has 0 aliphatic carbocycles. The van der Waals surface area contributed by atoms with E-state index in [9.17, 15) is 22.0 Å². The Hall–Kier alpha value is -1.21. The summed E-state index contributed by atoms with van der Waals surface area (Å²) in [5, 5.41) is 0. The standard InChI is InChI=1S/C26H41F5O2/c1-5-8-9-10-11-13-16-19(26(4,32-6-2)33-7-3)17-14-12-15-18-20-21(27)23(29)25(31)24(30)22(20)28/h19H,5-18H2,1-4H3. The van der Waals surface area contributed by atoms with Crippen LogP contribution < -0.4 is 0 Å². The fraction of sp³-hybridized carbons (Fsp3) is 0.769. The molecule has 1 rings (SSSR count). The molecule has 0 spiro atoms. The summed E-state index contributed by atoms with van der Waals surface area (Å²) in [5.41, 5.74) is -0.733. The number of ether oxygens (including phenoxy) is 2. The molecule has 1 atom stereocenters. The molecular formula is C26H41F5O2. The van der Waals surface area contributed by atoms with Gasteiger partial charge >= 0.3 is 0 Å². The third-order valence-corrected chi connectivity index (χ3v) is 6.29. The Labute approximate surface area is 196 Å². The Morgan fingerprint density at radius 3 is 1.52 bits per heavy atom. The topological polar surface area (TPSA) is 18.5 Å². The maximum absolute atomic E-state index is 13.9. The van der Waals surface area contributed by atoms with Crippen LogP contribution in [0.2, 0.25) is 0 Å². The van der Waals surface area contributed by atoms with Gasteiger partial charge in [0.05, 0.1) is 0 Å². The molecule has 0 fully saturated rings. The van der Waals surface area contributed by atoms with E-state index in [-0.39, 0.29) is 12.3 Å². The molecule has 0 aliphatic rings. The van der Waals surface area contributed by atoms with Crippen LogP contribution in [0.1, 0.15) is 104 Å². The average molecular weight is 481 g/mol. The van der Waals surface area contributed by atoms with Crippen molar-refractivity contribution in [1.29, 1.82) is 0 Å². The van der Waals surface area contributed by atoms with E-state index in [0.717, 1.165) is 32.1 Å². The third-order valence-electron chi connectivity index (χ3n) is 6.29. The van der Waals surface area contributed by atoms with Gasteiger partial charge in [-0.3, -0.25) is 0 Å². The van der Waals surface area contributed by atoms with E-state index < -0.39 is 40.4 Å². The van der Waals surface area contributed by atoms with Crippen LogP contribution in [-0.4, -0.2) is 19.0 Å². The van der Waals surface area contributed by atoms with Crippen LogP contribution in [0.3, 0.4) is 0 Å². The molecule has 0 saturated heterocycles. The van der Waals surface area contributed by atoms with Gasteiger partial charge in [-0.15, -0.1) is 0 Å². The minimum Gasteiger partial charge on any atom is -0.350 e. The fourth-order valence-electron chi connectivity index (χ4n) is 4.43. The lowest BCUT2D eigenvalue weighted by atomic mass is 9.87. The first kappa shape index (κ1) is 29.8. The van der Waals surface area contributed by atoms with Gasteiger partial charge in [-0.05, 0) is 46.5 Å². The van der Waals surface area contributed by atoms with E-state index in [1.807, 2.05) is 20.8 Å². The Morgan fingerprint density at radius 2 is 1.03 bits per heavy atom. The smallest absolute Gasteiger partial charge is 0.200 e. The highest BCUT2D eigenvalue weighted by Gasteiger charge is 2.35. The van der Waals surface area contributed by atoms with Gasteiger partial charge in [0, 0.05) is 24.7 Å². The van der Waals surface area contributed by atoms with Crippen LogP contribution in [0.25, 0.3) is 0 Å². The third kappa shape index (κ3) is 9.16. The van der Waals surface area contributed by atoms with Crippen LogP contribution in [-0.2, 0) is 15.9 Å². The Kier molecular flexibility index (Phi) is 14.1. The zero-order valence-electron chi connectivity index (χ0n) is 20.7. The second-order valence-electron chi connectivity index (χ2n) is 8.78. The predicted octanol–water partition coefficient (Wildman–Crippen LogP) is 8.64. The second kappa shape index (κ2) is 15.6. The van der Waals surface area contributed by atoms with Crippen molar-refractivity contribution in [3.8, 4) is 0 Å². The van der Waals surface area contributed by atoms with Crippen molar-refractivity contribution >= 4 is 0 Å². The highest BCUT2D eigenvalue weighted by atomic mass is 19.2. The summed E-state index contributed by atoms with van der Waals surface area (Å²) in [5.74, 6) is -9.87. The van der Waals surface area contributed by atoms with E-state index in [0.29, 0.717) is 26.1 Å². The maximum atomic E-state index is 13.9. The summed E-state index contributed by atoms with van der Waals surface area (Å²) in [7, 11) is 0. The average Bonchev–Trinajstić information content (AvgIpc) is 2.79. The summed E-state index contributed by atoms with van der Waals surface area (Å²) >= 11 is 0. The quantitative estimate of drug-likeness (QED) is 0.0688. The molecule has 0 aliphatic heterocycles. The number of rotatable bonds is 18. The van der Waals surface area contributed by atoms with E-state index in [2.05, 4.69) is 6.92 Å². The van der Waals surface area contributed by atoms with E-state index in [4.69, 9.17) is 9.47 Å². The van der Waals surface area contributed by atoms with Gasteiger partial charge in [0.15, 0.2) is 29.1 Å². The lowest BCUT2D eigenvalue weighted by molar-refractivity contribution is -0.254. The fourth-order valence-corrected chi connectivity index (χ4v) is 4.43. The molecule has 1 unspecified atom stereocenters. The molecule has 33 heavy (non-hydrogen) atoms. The summed E-state index contributed by atoms with van der Waals surface area (Å²) in [6, 6.07) is 0. The summed E-state index contributed by atoms with van der Waals surface area (Å²) in [4.78, 5) is 0. The highest BCUT2D eigenvalue weighted by Crippen LogP contribution is 2.33. The van der Waals surface area contributed by atoms with Gasteiger partial charge in [-0.1, -0.05) is 58.3 Å². The van der Waals surface area contributed by atoms with Crippen molar-refractivity contribution in [1.82, 2.24) is 0 Å². The van der Waals surface area contributed by atoms with Gasteiger partial charge in [-0.2, -0.15) is 0 Å². The second-order valence-corrected chi connectivity index (χ2v) is 8.78. The molecule has 1 aromatic rings. The first-order chi connectivity index (χ1) is 15.7. The summed E-state index contributed by atoms with van der Waals surface area (Å²) in [6.45, 7) is 9.09.